The van der Waals surface area contributed by atoms with Crippen molar-refractivity contribution in [2.45, 2.75) is 11.3 Å². The topological polar surface area (TPSA) is 66.5 Å². The quantitative estimate of drug-likeness (QED) is 0.809. The lowest BCUT2D eigenvalue weighted by Crippen LogP contribution is -2.27. The fourth-order valence-corrected chi connectivity index (χ4v) is 3.88. The number of sulfonamides is 1. The summed E-state index contributed by atoms with van der Waals surface area (Å²) in [4.78, 5) is 12.2. The number of carbonyl (C=O) groups is 1. The van der Waals surface area contributed by atoms with Crippen molar-refractivity contribution in [1.82, 2.24) is 9.62 Å². The van der Waals surface area contributed by atoms with E-state index < -0.39 is 15.9 Å². The molecule has 0 spiro atoms. The number of benzene rings is 2. The molecule has 1 amide bonds. The first kappa shape index (κ1) is 19.7. The number of amides is 1. The van der Waals surface area contributed by atoms with E-state index in [-0.39, 0.29) is 20.5 Å². The Morgan fingerprint density at radius 2 is 1.72 bits per heavy atom. The smallest absolute Gasteiger partial charge is 0.252 e. The highest BCUT2D eigenvalue weighted by Gasteiger charge is 2.24. The lowest BCUT2D eigenvalue weighted by atomic mass is 10.1. The summed E-state index contributed by atoms with van der Waals surface area (Å²) in [5.74, 6) is -0.451. The third kappa shape index (κ3) is 4.73. The van der Waals surface area contributed by atoms with Crippen molar-refractivity contribution in [3.8, 4) is 0 Å². The molecule has 0 heterocycles. The Labute approximate surface area is 157 Å². The lowest BCUT2D eigenvalue weighted by molar-refractivity contribution is 0.0954. The van der Waals surface area contributed by atoms with E-state index in [0.717, 1.165) is 9.87 Å². The Hall–Kier alpha value is -1.60. The zero-order valence-corrected chi connectivity index (χ0v) is 16.1. The van der Waals surface area contributed by atoms with Crippen molar-refractivity contribution in [2.24, 2.45) is 0 Å². The summed E-state index contributed by atoms with van der Waals surface area (Å²) in [6, 6.07) is 12.2. The van der Waals surface area contributed by atoms with Gasteiger partial charge in [0.05, 0.1) is 15.6 Å². The van der Waals surface area contributed by atoms with Crippen molar-refractivity contribution < 1.29 is 13.2 Å². The Morgan fingerprint density at radius 1 is 1.08 bits per heavy atom. The van der Waals surface area contributed by atoms with Gasteiger partial charge < -0.3 is 5.32 Å². The molecule has 0 aliphatic heterocycles. The molecule has 134 valence electrons. The molecular formula is C17H18Cl2N2O3S. The first-order chi connectivity index (χ1) is 11.7. The van der Waals surface area contributed by atoms with Crippen LogP contribution in [0.15, 0.2) is 47.4 Å². The predicted molar refractivity (Wildman–Crippen MR) is 99.8 cm³/mol. The third-order valence-electron chi connectivity index (χ3n) is 3.57. The predicted octanol–water partition coefficient (Wildman–Crippen LogP) is 3.22. The van der Waals surface area contributed by atoms with Gasteiger partial charge in [-0.2, -0.15) is 0 Å². The second-order valence-electron chi connectivity index (χ2n) is 5.54. The molecule has 0 aromatic heterocycles. The van der Waals surface area contributed by atoms with Crippen LogP contribution in [0.4, 0.5) is 0 Å². The van der Waals surface area contributed by atoms with E-state index in [0.29, 0.717) is 13.0 Å². The van der Waals surface area contributed by atoms with Gasteiger partial charge in [0, 0.05) is 20.6 Å². The zero-order chi connectivity index (χ0) is 18.6. The number of hydrogen-bond acceptors (Lipinski definition) is 3. The first-order valence-corrected chi connectivity index (χ1v) is 9.67. The molecular weight excluding hydrogens is 383 g/mol. The molecule has 2 aromatic rings. The van der Waals surface area contributed by atoms with Gasteiger partial charge in [-0.15, -0.1) is 0 Å². The Bertz CT molecular complexity index is 869. The van der Waals surface area contributed by atoms with Gasteiger partial charge in [0.25, 0.3) is 5.91 Å². The minimum absolute atomic E-state index is 0.0282. The van der Waals surface area contributed by atoms with Crippen LogP contribution in [0.2, 0.25) is 10.0 Å². The van der Waals surface area contributed by atoms with Crippen LogP contribution >= 0.6 is 23.2 Å². The number of halogens is 2. The summed E-state index contributed by atoms with van der Waals surface area (Å²) < 4.78 is 25.6. The Balaban J connectivity index is 2.19. The number of rotatable bonds is 6. The molecule has 0 aliphatic rings. The van der Waals surface area contributed by atoms with Crippen LogP contribution in [0.25, 0.3) is 0 Å². The monoisotopic (exact) mass is 400 g/mol. The van der Waals surface area contributed by atoms with Crippen molar-refractivity contribution in [1.29, 1.82) is 0 Å². The van der Waals surface area contributed by atoms with Gasteiger partial charge in [0.2, 0.25) is 10.0 Å². The van der Waals surface area contributed by atoms with Gasteiger partial charge >= 0.3 is 0 Å². The van der Waals surface area contributed by atoms with E-state index in [1.54, 1.807) is 0 Å². The van der Waals surface area contributed by atoms with Gasteiger partial charge in [0.15, 0.2) is 0 Å². The summed E-state index contributed by atoms with van der Waals surface area (Å²) >= 11 is 12.1. The van der Waals surface area contributed by atoms with Crippen LogP contribution in [-0.2, 0) is 16.4 Å². The maximum Gasteiger partial charge on any atom is 0.252 e. The van der Waals surface area contributed by atoms with Crippen LogP contribution in [-0.4, -0.2) is 39.3 Å². The number of carbonyl (C=O) groups excluding carboxylic acids is 1. The molecule has 0 radical (unpaired) electrons. The van der Waals surface area contributed by atoms with E-state index in [4.69, 9.17) is 23.2 Å². The highest BCUT2D eigenvalue weighted by atomic mass is 35.5. The Kier molecular flexibility index (Phi) is 6.46. The first-order valence-electron chi connectivity index (χ1n) is 7.47. The molecule has 2 rings (SSSR count). The number of hydrogen-bond donors (Lipinski definition) is 1. The highest BCUT2D eigenvalue weighted by Crippen LogP contribution is 2.30. The van der Waals surface area contributed by atoms with Gasteiger partial charge in [-0.3, -0.25) is 4.79 Å². The van der Waals surface area contributed by atoms with Gasteiger partial charge in [-0.25, -0.2) is 12.7 Å². The number of nitrogens with zero attached hydrogens (tertiary/aromatic N) is 1. The molecule has 0 unspecified atom stereocenters. The van der Waals surface area contributed by atoms with Gasteiger partial charge in [-0.05, 0) is 24.1 Å². The normalized spacial score (nSPS) is 11.6. The second kappa shape index (κ2) is 8.19. The van der Waals surface area contributed by atoms with E-state index in [1.165, 1.54) is 26.2 Å². The van der Waals surface area contributed by atoms with Crippen molar-refractivity contribution in [2.75, 3.05) is 20.6 Å². The fraction of sp³-hybridized carbons (Fsp3) is 0.235. The molecule has 0 saturated heterocycles. The molecule has 0 aliphatic carbocycles. The summed E-state index contributed by atoms with van der Waals surface area (Å²) in [7, 11) is -1.00. The standard InChI is InChI=1S/C17H18Cl2N2O3S/c1-21(2)25(23,24)16-10-13(14(18)11-15(16)19)17(22)20-9-8-12-6-4-3-5-7-12/h3-7,10-11H,8-9H2,1-2H3,(H,20,22). The van der Waals surface area contributed by atoms with E-state index in [9.17, 15) is 13.2 Å². The molecule has 1 N–H and O–H groups in total. The fourth-order valence-electron chi connectivity index (χ4n) is 2.16. The van der Waals surface area contributed by atoms with E-state index in [2.05, 4.69) is 5.32 Å². The minimum Gasteiger partial charge on any atom is -0.352 e. The molecule has 8 heteroatoms. The summed E-state index contributed by atoms with van der Waals surface area (Å²) in [5.41, 5.74) is 1.15. The van der Waals surface area contributed by atoms with Crippen LogP contribution < -0.4 is 5.32 Å². The molecule has 5 nitrogen and oxygen atoms in total. The van der Waals surface area contributed by atoms with Crippen molar-refractivity contribution in [3.05, 3.63) is 63.6 Å². The lowest BCUT2D eigenvalue weighted by Gasteiger charge is -2.15. The molecule has 0 bridgehead atoms. The average Bonchev–Trinajstić information content (AvgIpc) is 2.55. The highest BCUT2D eigenvalue weighted by molar-refractivity contribution is 7.89. The molecule has 25 heavy (non-hydrogen) atoms. The maximum absolute atomic E-state index is 12.4. The molecule has 0 atom stereocenters. The third-order valence-corrected chi connectivity index (χ3v) is 6.16. The zero-order valence-electron chi connectivity index (χ0n) is 13.8. The minimum atomic E-state index is -3.78. The summed E-state index contributed by atoms with van der Waals surface area (Å²) in [5, 5.41) is 2.81. The average molecular weight is 401 g/mol. The van der Waals surface area contributed by atoms with Crippen molar-refractivity contribution in [3.63, 3.8) is 0 Å². The maximum atomic E-state index is 12.4. The van der Waals surface area contributed by atoms with Crippen LogP contribution in [0.5, 0.6) is 0 Å². The van der Waals surface area contributed by atoms with Crippen LogP contribution in [0, 0.1) is 0 Å². The van der Waals surface area contributed by atoms with E-state index >= 15 is 0 Å². The summed E-state index contributed by atoms with van der Waals surface area (Å²) in [6.07, 6.45) is 0.653. The van der Waals surface area contributed by atoms with Crippen LogP contribution in [0.3, 0.4) is 0 Å². The SMILES string of the molecule is CN(C)S(=O)(=O)c1cc(C(=O)NCCc2ccccc2)c(Cl)cc1Cl. The summed E-state index contributed by atoms with van der Waals surface area (Å²) in [6.45, 7) is 0.400. The van der Waals surface area contributed by atoms with Crippen LogP contribution in [0.1, 0.15) is 15.9 Å². The largest absolute Gasteiger partial charge is 0.352 e. The molecule has 0 fully saturated rings. The molecule has 2 aromatic carbocycles. The van der Waals surface area contributed by atoms with Gasteiger partial charge in [-0.1, -0.05) is 53.5 Å². The second-order valence-corrected chi connectivity index (χ2v) is 8.48. The van der Waals surface area contributed by atoms with Gasteiger partial charge in [0.1, 0.15) is 4.90 Å². The molecule has 0 saturated carbocycles. The number of nitrogens with one attached hydrogen (secondary N) is 1. The Morgan fingerprint density at radius 3 is 2.32 bits per heavy atom. The van der Waals surface area contributed by atoms with E-state index in [1.807, 2.05) is 30.3 Å². The van der Waals surface area contributed by atoms with Crippen molar-refractivity contribution >= 4 is 39.1 Å².